The van der Waals surface area contributed by atoms with E-state index >= 15 is 0 Å². The van der Waals surface area contributed by atoms with Gasteiger partial charge in [-0.3, -0.25) is 4.79 Å². The molecule has 0 bridgehead atoms. The Morgan fingerprint density at radius 1 is 1.14 bits per heavy atom. The Morgan fingerprint density at radius 2 is 1.82 bits per heavy atom. The van der Waals surface area contributed by atoms with E-state index in [1.54, 1.807) is 0 Å². The van der Waals surface area contributed by atoms with Crippen molar-refractivity contribution < 1.29 is 4.79 Å². The van der Waals surface area contributed by atoms with Gasteiger partial charge in [0.2, 0.25) is 5.91 Å². The molecule has 3 heteroatoms. The van der Waals surface area contributed by atoms with Gasteiger partial charge < -0.3 is 10.2 Å². The molecule has 1 aliphatic rings. The summed E-state index contributed by atoms with van der Waals surface area (Å²) in [5, 5.41) is 3.52. The maximum atomic E-state index is 12.6. The number of nitrogens with zero attached hydrogens (tertiary/aromatic N) is 1. The first-order valence-corrected chi connectivity index (χ1v) is 7.93. The molecule has 3 nitrogen and oxygen atoms in total. The molecular formula is C19H22N2O. The monoisotopic (exact) mass is 294 g/mol. The quantitative estimate of drug-likeness (QED) is 0.911. The number of carbonyl (C=O) groups is 1. The van der Waals surface area contributed by atoms with Gasteiger partial charge in [0.25, 0.3) is 0 Å². The van der Waals surface area contributed by atoms with Crippen molar-refractivity contribution >= 4 is 17.3 Å². The number of hydrogen-bond acceptors (Lipinski definition) is 2. The fraction of sp³-hybridized carbons (Fsp3) is 0.316. The van der Waals surface area contributed by atoms with Crippen LogP contribution in [-0.2, 0) is 4.79 Å². The van der Waals surface area contributed by atoms with Gasteiger partial charge in [0, 0.05) is 23.8 Å². The SMILES string of the molecule is CCC(=O)N(c1ccccc1)[C@@H]1C[C@@H](C)Nc2ccccc21. The molecule has 0 fully saturated rings. The molecule has 0 unspecified atom stereocenters. The summed E-state index contributed by atoms with van der Waals surface area (Å²) in [6, 6.07) is 18.7. The number of fused-ring (bicyclic) bond motifs is 1. The van der Waals surface area contributed by atoms with Crippen LogP contribution in [0.25, 0.3) is 0 Å². The van der Waals surface area contributed by atoms with Crippen LogP contribution in [0.4, 0.5) is 11.4 Å². The van der Waals surface area contributed by atoms with Crippen LogP contribution >= 0.6 is 0 Å². The second-order valence-electron chi connectivity index (χ2n) is 5.84. The van der Waals surface area contributed by atoms with Crippen molar-refractivity contribution in [1.82, 2.24) is 0 Å². The second kappa shape index (κ2) is 6.22. The largest absolute Gasteiger partial charge is 0.382 e. The molecule has 1 N–H and O–H groups in total. The van der Waals surface area contributed by atoms with Crippen molar-refractivity contribution in [3.63, 3.8) is 0 Å². The molecule has 0 aromatic heterocycles. The van der Waals surface area contributed by atoms with Gasteiger partial charge in [0.05, 0.1) is 6.04 Å². The van der Waals surface area contributed by atoms with Crippen molar-refractivity contribution in [1.29, 1.82) is 0 Å². The van der Waals surface area contributed by atoms with Gasteiger partial charge in [-0.1, -0.05) is 43.3 Å². The van der Waals surface area contributed by atoms with Crippen LogP contribution in [0.15, 0.2) is 54.6 Å². The van der Waals surface area contributed by atoms with Crippen molar-refractivity contribution in [2.24, 2.45) is 0 Å². The zero-order valence-corrected chi connectivity index (χ0v) is 13.1. The summed E-state index contributed by atoms with van der Waals surface area (Å²) in [4.78, 5) is 14.6. The maximum absolute atomic E-state index is 12.6. The lowest BCUT2D eigenvalue weighted by Gasteiger charge is -2.39. The average Bonchev–Trinajstić information content (AvgIpc) is 2.55. The Kier molecular flexibility index (Phi) is 4.14. The molecule has 2 atom stereocenters. The Balaban J connectivity index is 2.07. The van der Waals surface area contributed by atoms with E-state index in [1.807, 2.05) is 54.3 Å². The van der Waals surface area contributed by atoms with E-state index in [1.165, 1.54) is 5.56 Å². The second-order valence-corrected chi connectivity index (χ2v) is 5.84. The Hall–Kier alpha value is -2.29. The molecule has 0 spiro atoms. The van der Waals surface area contributed by atoms with Gasteiger partial charge in [-0.15, -0.1) is 0 Å². The summed E-state index contributed by atoms with van der Waals surface area (Å²) in [6.45, 7) is 4.09. The minimum absolute atomic E-state index is 0.0855. The summed E-state index contributed by atoms with van der Waals surface area (Å²) in [5.74, 6) is 0.167. The number of amides is 1. The van der Waals surface area contributed by atoms with Gasteiger partial charge in [-0.05, 0) is 37.1 Å². The van der Waals surface area contributed by atoms with Crippen LogP contribution in [0.2, 0.25) is 0 Å². The highest BCUT2D eigenvalue weighted by molar-refractivity contribution is 5.94. The third-order valence-corrected chi connectivity index (χ3v) is 4.22. The third-order valence-electron chi connectivity index (χ3n) is 4.22. The van der Waals surface area contributed by atoms with Gasteiger partial charge in [-0.2, -0.15) is 0 Å². The minimum Gasteiger partial charge on any atom is -0.382 e. The lowest BCUT2D eigenvalue weighted by molar-refractivity contribution is -0.118. The smallest absolute Gasteiger partial charge is 0.227 e. The van der Waals surface area contributed by atoms with Crippen LogP contribution in [-0.4, -0.2) is 11.9 Å². The molecule has 1 heterocycles. The normalized spacial score (nSPS) is 19.9. The van der Waals surface area contributed by atoms with Gasteiger partial charge in [0.1, 0.15) is 0 Å². The number of anilines is 2. The molecule has 114 valence electrons. The standard InChI is InChI=1S/C19H22N2O/c1-3-19(22)21(15-9-5-4-6-10-15)18-13-14(2)20-17-12-8-7-11-16(17)18/h4-12,14,18,20H,3,13H2,1-2H3/t14-,18-/m1/s1. The number of carbonyl (C=O) groups excluding carboxylic acids is 1. The van der Waals surface area contributed by atoms with Crippen molar-refractivity contribution in [2.75, 3.05) is 10.2 Å². The molecule has 0 saturated carbocycles. The van der Waals surface area contributed by atoms with Crippen LogP contribution in [0.1, 0.15) is 38.3 Å². The summed E-state index contributed by atoms with van der Waals surface area (Å²) in [7, 11) is 0. The first-order valence-electron chi connectivity index (χ1n) is 7.93. The van der Waals surface area contributed by atoms with Crippen molar-refractivity contribution in [3.8, 4) is 0 Å². The van der Waals surface area contributed by atoms with E-state index < -0.39 is 0 Å². The van der Waals surface area contributed by atoms with E-state index in [9.17, 15) is 4.79 Å². The molecule has 0 radical (unpaired) electrons. The summed E-state index contributed by atoms with van der Waals surface area (Å²) < 4.78 is 0. The maximum Gasteiger partial charge on any atom is 0.227 e. The van der Waals surface area contributed by atoms with E-state index in [4.69, 9.17) is 0 Å². The molecule has 2 aromatic carbocycles. The van der Waals surface area contributed by atoms with Gasteiger partial charge in [0.15, 0.2) is 0 Å². The number of para-hydroxylation sites is 2. The van der Waals surface area contributed by atoms with E-state index in [-0.39, 0.29) is 11.9 Å². The molecule has 22 heavy (non-hydrogen) atoms. The average molecular weight is 294 g/mol. The van der Waals surface area contributed by atoms with Crippen LogP contribution in [0.3, 0.4) is 0 Å². The predicted octanol–water partition coefficient (Wildman–Crippen LogP) is 4.38. The molecule has 1 amide bonds. The van der Waals surface area contributed by atoms with Crippen LogP contribution in [0, 0.1) is 0 Å². The number of benzene rings is 2. The van der Waals surface area contributed by atoms with Crippen LogP contribution in [0.5, 0.6) is 0 Å². The fourth-order valence-corrected chi connectivity index (χ4v) is 3.21. The third kappa shape index (κ3) is 2.71. The number of hydrogen-bond donors (Lipinski definition) is 1. The minimum atomic E-state index is 0.0855. The topological polar surface area (TPSA) is 32.3 Å². The molecular weight excluding hydrogens is 272 g/mol. The Labute approximate surface area is 132 Å². The van der Waals surface area contributed by atoms with E-state index in [2.05, 4.69) is 24.4 Å². The highest BCUT2D eigenvalue weighted by atomic mass is 16.2. The molecule has 0 aliphatic carbocycles. The zero-order valence-electron chi connectivity index (χ0n) is 13.1. The molecule has 0 saturated heterocycles. The highest BCUT2D eigenvalue weighted by Crippen LogP contribution is 2.39. The Bertz CT molecular complexity index is 653. The first kappa shape index (κ1) is 14.6. The molecule has 1 aliphatic heterocycles. The van der Waals surface area contributed by atoms with Crippen LogP contribution < -0.4 is 10.2 Å². The van der Waals surface area contributed by atoms with Gasteiger partial charge in [-0.25, -0.2) is 0 Å². The van der Waals surface area contributed by atoms with Crippen molar-refractivity contribution in [3.05, 3.63) is 60.2 Å². The Morgan fingerprint density at radius 3 is 2.55 bits per heavy atom. The summed E-state index contributed by atoms with van der Waals surface area (Å²) in [6.07, 6.45) is 1.42. The first-order chi connectivity index (χ1) is 10.7. The lowest BCUT2D eigenvalue weighted by atomic mass is 9.91. The summed E-state index contributed by atoms with van der Waals surface area (Å²) >= 11 is 0. The zero-order chi connectivity index (χ0) is 15.5. The number of nitrogens with one attached hydrogen (secondary N) is 1. The van der Waals surface area contributed by atoms with Crippen molar-refractivity contribution in [2.45, 2.75) is 38.8 Å². The van der Waals surface area contributed by atoms with Gasteiger partial charge >= 0.3 is 0 Å². The molecule has 2 aromatic rings. The van der Waals surface area contributed by atoms with E-state index in [0.29, 0.717) is 12.5 Å². The molecule has 3 rings (SSSR count). The predicted molar refractivity (Wildman–Crippen MR) is 91.1 cm³/mol. The number of rotatable bonds is 3. The summed E-state index contributed by atoms with van der Waals surface area (Å²) in [5.41, 5.74) is 3.31. The fourth-order valence-electron chi connectivity index (χ4n) is 3.21. The van der Waals surface area contributed by atoms with E-state index in [0.717, 1.165) is 17.8 Å². The highest BCUT2D eigenvalue weighted by Gasteiger charge is 2.31. The lowest BCUT2D eigenvalue weighted by Crippen LogP contribution is -2.40.